The Kier molecular flexibility index (Phi) is 2.99. The lowest BCUT2D eigenvalue weighted by Gasteiger charge is -2.12. The zero-order chi connectivity index (χ0) is 12.3. The number of carbonyl (C=O) groups excluding carboxylic acids is 1. The summed E-state index contributed by atoms with van der Waals surface area (Å²) in [6.07, 6.45) is -4.89. The van der Waals surface area contributed by atoms with E-state index in [-0.39, 0.29) is 12.0 Å². The molecule has 0 spiro atoms. The molecule has 1 aromatic rings. The largest absolute Gasteiger partial charge is 0.573 e. The van der Waals surface area contributed by atoms with Gasteiger partial charge in [-0.15, -0.1) is 13.2 Å². The van der Waals surface area contributed by atoms with Crippen LogP contribution in [0.3, 0.4) is 0 Å². The molecule has 0 aliphatic rings. The number of carbonyl (C=O) groups is 1. The molecule has 0 unspecified atom stereocenters. The molecule has 1 rings (SSSR count). The van der Waals surface area contributed by atoms with Gasteiger partial charge in [-0.2, -0.15) is 5.26 Å². The van der Waals surface area contributed by atoms with Crippen molar-refractivity contribution in [2.45, 2.75) is 6.36 Å². The van der Waals surface area contributed by atoms with Crippen LogP contribution in [-0.4, -0.2) is 17.6 Å². The number of pyridine rings is 1. The average Bonchev–Trinajstić information content (AvgIpc) is 2.19. The van der Waals surface area contributed by atoms with E-state index in [1.54, 1.807) is 6.07 Å². The van der Waals surface area contributed by atoms with Crippen LogP contribution in [0.1, 0.15) is 16.1 Å². The number of rotatable bonds is 2. The van der Waals surface area contributed by atoms with E-state index in [1.807, 2.05) is 0 Å². The molecule has 0 amide bonds. The molecule has 0 radical (unpaired) electrons. The maximum Gasteiger partial charge on any atom is 0.573 e. The highest BCUT2D eigenvalue weighted by Gasteiger charge is 2.33. The molecule has 0 atom stereocenters. The van der Waals surface area contributed by atoms with Crippen LogP contribution in [0.2, 0.25) is 0 Å². The summed E-state index contributed by atoms with van der Waals surface area (Å²) >= 11 is 0. The third-order valence-electron chi connectivity index (χ3n) is 1.49. The van der Waals surface area contributed by atoms with Gasteiger partial charge in [0.05, 0.1) is 5.56 Å². The lowest BCUT2D eigenvalue weighted by atomic mass is 10.2. The molecule has 1 heterocycles. The maximum absolute atomic E-state index is 11.9. The van der Waals surface area contributed by atoms with Crippen LogP contribution >= 0.6 is 0 Å². The Labute approximate surface area is 87.3 Å². The van der Waals surface area contributed by atoms with Crippen LogP contribution in [0.4, 0.5) is 19.0 Å². The van der Waals surface area contributed by atoms with Crippen molar-refractivity contribution >= 4 is 12.1 Å². The third kappa shape index (κ3) is 2.60. The molecule has 0 fully saturated rings. The van der Waals surface area contributed by atoms with Gasteiger partial charge in [-0.25, -0.2) is 4.98 Å². The first kappa shape index (κ1) is 11.8. The second-order valence-corrected chi connectivity index (χ2v) is 2.59. The van der Waals surface area contributed by atoms with E-state index in [2.05, 4.69) is 9.72 Å². The molecule has 0 aromatic carbocycles. The summed E-state index contributed by atoms with van der Waals surface area (Å²) in [7, 11) is 0. The van der Waals surface area contributed by atoms with Gasteiger partial charge < -0.3 is 10.5 Å². The summed E-state index contributed by atoms with van der Waals surface area (Å²) < 4.78 is 39.3. The average molecular weight is 231 g/mol. The lowest BCUT2D eigenvalue weighted by molar-refractivity contribution is -0.274. The quantitative estimate of drug-likeness (QED) is 0.773. The van der Waals surface area contributed by atoms with Crippen LogP contribution in [0.5, 0.6) is 5.75 Å². The minimum atomic E-state index is -4.98. The smallest absolute Gasteiger partial charge is 0.401 e. The number of hydrogen-bond acceptors (Lipinski definition) is 5. The van der Waals surface area contributed by atoms with E-state index in [1.165, 1.54) is 0 Å². The summed E-state index contributed by atoms with van der Waals surface area (Å²) in [6, 6.07) is 2.40. The standard InChI is InChI=1S/C8H4F3N3O2/c9-8(10,11)16-6-4(3-15)1-5(2-12)14-7(6)13/h1,3H,(H2,13,14). The van der Waals surface area contributed by atoms with E-state index in [9.17, 15) is 18.0 Å². The molecule has 5 nitrogen and oxygen atoms in total. The van der Waals surface area contributed by atoms with Crippen LogP contribution in [0.15, 0.2) is 6.07 Å². The summed E-state index contributed by atoms with van der Waals surface area (Å²) in [5, 5.41) is 8.46. The molecular formula is C8H4F3N3O2. The van der Waals surface area contributed by atoms with Gasteiger partial charge in [-0.05, 0) is 6.07 Å². The number of aldehydes is 1. The molecule has 0 aliphatic heterocycles. The molecule has 0 saturated carbocycles. The number of ether oxygens (including phenoxy) is 1. The van der Waals surface area contributed by atoms with Gasteiger partial charge >= 0.3 is 6.36 Å². The van der Waals surface area contributed by atoms with Gasteiger partial charge in [-0.1, -0.05) is 0 Å². The van der Waals surface area contributed by atoms with Crippen molar-refractivity contribution < 1.29 is 22.7 Å². The summed E-state index contributed by atoms with van der Waals surface area (Å²) in [6.45, 7) is 0. The molecule has 0 bridgehead atoms. The normalized spacial score (nSPS) is 10.6. The highest BCUT2D eigenvalue weighted by Crippen LogP contribution is 2.30. The van der Waals surface area contributed by atoms with Crippen molar-refractivity contribution in [3.05, 3.63) is 17.3 Å². The van der Waals surface area contributed by atoms with E-state index in [0.717, 1.165) is 6.07 Å². The topological polar surface area (TPSA) is 89.0 Å². The monoisotopic (exact) mass is 231 g/mol. The van der Waals surface area contributed by atoms with E-state index < -0.39 is 23.5 Å². The Hall–Kier alpha value is -2.30. The Morgan fingerprint density at radius 3 is 2.62 bits per heavy atom. The van der Waals surface area contributed by atoms with Gasteiger partial charge in [0.1, 0.15) is 11.8 Å². The first-order chi connectivity index (χ1) is 7.37. The van der Waals surface area contributed by atoms with Crippen molar-refractivity contribution in [2.75, 3.05) is 5.73 Å². The van der Waals surface area contributed by atoms with Crippen LogP contribution < -0.4 is 10.5 Å². The number of anilines is 1. The number of aromatic nitrogens is 1. The minimum Gasteiger partial charge on any atom is -0.401 e. The SMILES string of the molecule is N#Cc1cc(C=O)c(OC(F)(F)F)c(N)n1. The van der Waals surface area contributed by atoms with Gasteiger partial charge in [0, 0.05) is 0 Å². The van der Waals surface area contributed by atoms with Gasteiger partial charge in [0.25, 0.3) is 0 Å². The van der Waals surface area contributed by atoms with Crippen molar-refractivity contribution in [3.63, 3.8) is 0 Å². The molecule has 0 aliphatic carbocycles. The number of halogens is 3. The zero-order valence-electron chi connectivity index (χ0n) is 7.58. The molecule has 8 heteroatoms. The lowest BCUT2D eigenvalue weighted by Crippen LogP contribution is -2.19. The number of alkyl halides is 3. The fourth-order valence-corrected chi connectivity index (χ4v) is 0.945. The Morgan fingerprint density at radius 2 is 2.19 bits per heavy atom. The predicted octanol–water partition coefficient (Wildman–Crippen LogP) is 1.25. The highest BCUT2D eigenvalue weighted by molar-refractivity contribution is 5.82. The fourth-order valence-electron chi connectivity index (χ4n) is 0.945. The first-order valence-corrected chi connectivity index (χ1v) is 3.79. The van der Waals surface area contributed by atoms with Gasteiger partial charge in [0.2, 0.25) is 0 Å². The second-order valence-electron chi connectivity index (χ2n) is 2.59. The highest BCUT2D eigenvalue weighted by atomic mass is 19.4. The van der Waals surface area contributed by atoms with Crippen molar-refractivity contribution in [1.82, 2.24) is 4.98 Å². The zero-order valence-corrected chi connectivity index (χ0v) is 7.58. The summed E-state index contributed by atoms with van der Waals surface area (Å²) in [5.74, 6) is -1.57. The number of hydrogen-bond donors (Lipinski definition) is 1. The van der Waals surface area contributed by atoms with Crippen molar-refractivity contribution in [2.24, 2.45) is 0 Å². The second kappa shape index (κ2) is 4.06. The number of nitrogens with two attached hydrogens (primary N) is 1. The Bertz CT molecular complexity index is 465. The van der Waals surface area contributed by atoms with Gasteiger partial charge in [-0.3, -0.25) is 4.79 Å². The third-order valence-corrected chi connectivity index (χ3v) is 1.49. The van der Waals surface area contributed by atoms with Crippen molar-refractivity contribution in [3.8, 4) is 11.8 Å². The molecule has 1 aromatic heterocycles. The maximum atomic E-state index is 11.9. The predicted molar refractivity (Wildman–Crippen MR) is 45.4 cm³/mol. The Morgan fingerprint density at radius 1 is 1.56 bits per heavy atom. The number of nitrogens with zero attached hydrogens (tertiary/aromatic N) is 2. The first-order valence-electron chi connectivity index (χ1n) is 3.79. The molecular weight excluding hydrogens is 227 g/mol. The summed E-state index contributed by atoms with van der Waals surface area (Å²) in [4.78, 5) is 13.8. The van der Waals surface area contributed by atoms with E-state index >= 15 is 0 Å². The van der Waals surface area contributed by atoms with Crippen LogP contribution in [-0.2, 0) is 0 Å². The Balaban J connectivity index is 3.28. The van der Waals surface area contributed by atoms with Crippen LogP contribution in [0.25, 0.3) is 0 Å². The molecule has 16 heavy (non-hydrogen) atoms. The summed E-state index contributed by atoms with van der Waals surface area (Å²) in [5.41, 5.74) is 4.38. The van der Waals surface area contributed by atoms with Crippen molar-refractivity contribution in [1.29, 1.82) is 5.26 Å². The number of nitrogen functional groups attached to an aromatic ring is 1. The molecule has 84 valence electrons. The minimum absolute atomic E-state index is 0.0972. The van der Waals surface area contributed by atoms with E-state index in [0.29, 0.717) is 0 Å². The van der Waals surface area contributed by atoms with E-state index in [4.69, 9.17) is 11.0 Å². The van der Waals surface area contributed by atoms with Crippen LogP contribution in [0, 0.1) is 11.3 Å². The fraction of sp³-hybridized carbons (Fsp3) is 0.125. The van der Waals surface area contributed by atoms with Gasteiger partial charge in [0.15, 0.2) is 17.9 Å². The molecule has 2 N–H and O–H groups in total. The number of nitriles is 1. The molecule has 0 saturated heterocycles.